The van der Waals surface area contributed by atoms with Gasteiger partial charge in [-0.3, -0.25) is 4.79 Å². The van der Waals surface area contributed by atoms with Crippen LogP contribution in [0.1, 0.15) is 27.7 Å². The number of carbonyl (C=O) groups is 1. The lowest BCUT2D eigenvalue weighted by Gasteiger charge is -2.20. The zero-order chi connectivity index (χ0) is 14.4. The van der Waals surface area contributed by atoms with Gasteiger partial charge in [-0.15, -0.1) is 0 Å². The van der Waals surface area contributed by atoms with Crippen LogP contribution < -0.4 is 10.1 Å². The number of nitrogens with zero attached hydrogens (tertiary/aromatic N) is 3. The molecule has 1 aromatic heterocycles. The first kappa shape index (κ1) is 15.2. The third-order valence-corrected chi connectivity index (χ3v) is 2.55. The van der Waals surface area contributed by atoms with Crippen molar-refractivity contribution in [2.24, 2.45) is 0 Å². The van der Waals surface area contributed by atoms with Crippen LogP contribution in [-0.4, -0.2) is 46.5 Å². The Morgan fingerprint density at radius 3 is 2.74 bits per heavy atom. The van der Waals surface area contributed by atoms with Gasteiger partial charge < -0.3 is 15.0 Å². The van der Waals surface area contributed by atoms with Crippen LogP contribution in [0, 0.1) is 0 Å². The van der Waals surface area contributed by atoms with Crippen LogP contribution in [0.3, 0.4) is 0 Å². The molecular formula is C13H22N4O2. The van der Waals surface area contributed by atoms with E-state index < -0.39 is 0 Å². The van der Waals surface area contributed by atoms with Gasteiger partial charge in [0.15, 0.2) is 0 Å². The standard InChI is InChI=1S/C13H22N4O2/c1-6-17(5)12(18)10(4)15-13-14-8-7-11(16-13)19-9(2)3/h7-10H,6H2,1-5H3,(H,14,15,16). The van der Waals surface area contributed by atoms with Crippen molar-refractivity contribution in [1.82, 2.24) is 14.9 Å². The lowest BCUT2D eigenvalue weighted by atomic mass is 10.3. The van der Waals surface area contributed by atoms with Gasteiger partial charge in [-0.25, -0.2) is 4.98 Å². The number of anilines is 1. The van der Waals surface area contributed by atoms with Crippen LogP contribution in [0.2, 0.25) is 0 Å². The zero-order valence-corrected chi connectivity index (χ0v) is 12.2. The Labute approximate surface area is 114 Å². The average molecular weight is 266 g/mol. The minimum atomic E-state index is -0.376. The second-order valence-electron chi connectivity index (χ2n) is 4.60. The molecule has 0 aromatic carbocycles. The second kappa shape index (κ2) is 6.92. The van der Waals surface area contributed by atoms with Crippen molar-refractivity contribution in [2.45, 2.75) is 39.8 Å². The summed E-state index contributed by atoms with van der Waals surface area (Å²) in [7, 11) is 1.76. The van der Waals surface area contributed by atoms with E-state index in [4.69, 9.17) is 4.74 Å². The smallest absolute Gasteiger partial charge is 0.244 e. The van der Waals surface area contributed by atoms with Crippen LogP contribution in [0.25, 0.3) is 0 Å². The lowest BCUT2D eigenvalue weighted by molar-refractivity contribution is -0.130. The predicted molar refractivity (Wildman–Crippen MR) is 74.2 cm³/mol. The van der Waals surface area contributed by atoms with E-state index >= 15 is 0 Å². The normalized spacial score (nSPS) is 12.1. The van der Waals surface area contributed by atoms with Crippen molar-refractivity contribution in [3.05, 3.63) is 12.3 Å². The molecule has 0 aliphatic carbocycles. The summed E-state index contributed by atoms with van der Waals surface area (Å²) in [5, 5.41) is 2.98. The van der Waals surface area contributed by atoms with Crippen molar-refractivity contribution in [1.29, 1.82) is 0 Å². The number of hydrogen-bond donors (Lipinski definition) is 1. The van der Waals surface area contributed by atoms with Gasteiger partial charge in [0.1, 0.15) is 6.04 Å². The molecular weight excluding hydrogens is 244 g/mol. The first-order valence-electron chi connectivity index (χ1n) is 6.45. The minimum absolute atomic E-state index is 0.00119. The van der Waals surface area contributed by atoms with Crippen molar-refractivity contribution in [2.75, 3.05) is 18.9 Å². The molecule has 0 bridgehead atoms. The van der Waals surface area contributed by atoms with Crippen LogP contribution in [0.4, 0.5) is 5.95 Å². The van der Waals surface area contributed by atoms with Crippen molar-refractivity contribution in [3.8, 4) is 5.88 Å². The summed E-state index contributed by atoms with van der Waals surface area (Å²) in [5.41, 5.74) is 0. The third-order valence-electron chi connectivity index (χ3n) is 2.55. The molecule has 0 saturated carbocycles. The number of rotatable bonds is 6. The van der Waals surface area contributed by atoms with Crippen LogP contribution in [0.5, 0.6) is 5.88 Å². The van der Waals surface area contributed by atoms with Gasteiger partial charge in [-0.1, -0.05) is 0 Å². The van der Waals surface area contributed by atoms with Gasteiger partial charge in [0.05, 0.1) is 6.10 Å². The van der Waals surface area contributed by atoms with E-state index in [1.807, 2.05) is 20.8 Å². The fourth-order valence-electron chi connectivity index (χ4n) is 1.46. The second-order valence-corrected chi connectivity index (χ2v) is 4.60. The van der Waals surface area contributed by atoms with E-state index in [-0.39, 0.29) is 18.1 Å². The summed E-state index contributed by atoms with van der Waals surface area (Å²) in [5.74, 6) is 0.890. The highest BCUT2D eigenvalue weighted by atomic mass is 16.5. The lowest BCUT2D eigenvalue weighted by Crippen LogP contribution is -2.39. The molecule has 1 N–H and O–H groups in total. The number of carbonyl (C=O) groups excluding carboxylic acids is 1. The van der Waals surface area contributed by atoms with Gasteiger partial charge in [0, 0.05) is 25.9 Å². The quantitative estimate of drug-likeness (QED) is 0.846. The number of hydrogen-bond acceptors (Lipinski definition) is 5. The van der Waals surface area contributed by atoms with E-state index in [1.54, 1.807) is 31.1 Å². The first-order valence-corrected chi connectivity index (χ1v) is 6.45. The molecule has 0 radical (unpaired) electrons. The molecule has 19 heavy (non-hydrogen) atoms. The fraction of sp³-hybridized carbons (Fsp3) is 0.615. The third kappa shape index (κ3) is 4.73. The highest BCUT2D eigenvalue weighted by Crippen LogP contribution is 2.11. The molecule has 1 amide bonds. The Bertz CT molecular complexity index is 423. The topological polar surface area (TPSA) is 67.4 Å². The molecule has 0 fully saturated rings. The highest BCUT2D eigenvalue weighted by molar-refractivity contribution is 5.83. The van der Waals surface area contributed by atoms with Crippen molar-refractivity contribution >= 4 is 11.9 Å². The Hall–Kier alpha value is -1.85. The van der Waals surface area contributed by atoms with Crippen molar-refractivity contribution in [3.63, 3.8) is 0 Å². The maximum Gasteiger partial charge on any atom is 0.244 e. The van der Waals surface area contributed by atoms with Gasteiger partial charge in [-0.05, 0) is 27.7 Å². The van der Waals surface area contributed by atoms with E-state index in [9.17, 15) is 4.79 Å². The molecule has 1 atom stereocenters. The number of nitrogens with one attached hydrogen (secondary N) is 1. The average Bonchev–Trinajstić information content (AvgIpc) is 2.36. The Morgan fingerprint density at radius 1 is 1.47 bits per heavy atom. The Balaban J connectivity index is 2.68. The van der Waals surface area contributed by atoms with E-state index in [0.717, 1.165) is 0 Å². The largest absolute Gasteiger partial charge is 0.475 e. The molecule has 1 heterocycles. The van der Waals surface area contributed by atoms with Gasteiger partial charge in [-0.2, -0.15) is 4.98 Å². The molecule has 6 nitrogen and oxygen atoms in total. The summed E-state index contributed by atoms with van der Waals surface area (Å²) in [6.07, 6.45) is 1.65. The fourth-order valence-corrected chi connectivity index (χ4v) is 1.46. The molecule has 0 saturated heterocycles. The monoisotopic (exact) mass is 266 g/mol. The summed E-state index contributed by atoms with van der Waals surface area (Å²) < 4.78 is 5.48. The number of amides is 1. The van der Waals surface area contributed by atoms with E-state index in [2.05, 4.69) is 15.3 Å². The van der Waals surface area contributed by atoms with Gasteiger partial charge >= 0.3 is 0 Å². The SMILES string of the molecule is CCN(C)C(=O)C(C)Nc1nccc(OC(C)C)n1. The summed E-state index contributed by atoms with van der Waals surface area (Å²) >= 11 is 0. The maximum atomic E-state index is 11.9. The van der Waals surface area contributed by atoms with E-state index in [0.29, 0.717) is 18.4 Å². The number of likely N-dealkylation sites (N-methyl/N-ethyl adjacent to an activating group) is 1. The molecule has 0 spiro atoms. The summed E-state index contributed by atoms with van der Waals surface area (Å²) in [4.78, 5) is 21.8. The first-order chi connectivity index (χ1) is 8.93. The van der Waals surface area contributed by atoms with Crippen LogP contribution in [-0.2, 0) is 4.79 Å². The number of ether oxygens (including phenoxy) is 1. The highest BCUT2D eigenvalue weighted by Gasteiger charge is 2.17. The maximum absolute atomic E-state index is 11.9. The van der Waals surface area contributed by atoms with Crippen LogP contribution in [0.15, 0.2) is 12.3 Å². The minimum Gasteiger partial charge on any atom is -0.475 e. The molecule has 0 aliphatic rings. The van der Waals surface area contributed by atoms with E-state index in [1.165, 1.54) is 0 Å². The Morgan fingerprint density at radius 2 is 2.16 bits per heavy atom. The molecule has 0 aliphatic heterocycles. The van der Waals surface area contributed by atoms with Crippen LogP contribution >= 0.6 is 0 Å². The molecule has 106 valence electrons. The number of aromatic nitrogens is 2. The van der Waals surface area contributed by atoms with Gasteiger partial charge in [0.25, 0.3) is 0 Å². The molecule has 1 rings (SSSR count). The predicted octanol–water partition coefficient (Wildman–Crippen LogP) is 1.54. The summed E-state index contributed by atoms with van der Waals surface area (Å²) in [6, 6.07) is 1.31. The summed E-state index contributed by atoms with van der Waals surface area (Å²) in [6.45, 7) is 8.24. The Kier molecular flexibility index (Phi) is 5.54. The zero-order valence-electron chi connectivity index (χ0n) is 12.2. The molecule has 6 heteroatoms. The molecule has 1 unspecified atom stereocenters. The van der Waals surface area contributed by atoms with Crippen molar-refractivity contribution < 1.29 is 9.53 Å². The van der Waals surface area contributed by atoms with Gasteiger partial charge in [0.2, 0.25) is 17.7 Å². The molecule has 1 aromatic rings.